The SMILES string of the molecule is CC(C)CCN(CCC(C)C)c1nnccc1/C(N)=N/O. The molecule has 0 radical (unpaired) electrons. The van der Waals surface area contributed by atoms with Crippen LogP contribution in [0.25, 0.3) is 0 Å². The molecular formula is C15H27N5O. The molecule has 6 nitrogen and oxygen atoms in total. The van der Waals surface area contributed by atoms with E-state index < -0.39 is 0 Å². The summed E-state index contributed by atoms with van der Waals surface area (Å²) in [6.45, 7) is 10.6. The van der Waals surface area contributed by atoms with Gasteiger partial charge in [-0.15, -0.1) is 5.10 Å². The van der Waals surface area contributed by atoms with E-state index in [0.29, 0.717) is 23.2 Å². The standard InChI is InChI=1S/C15H27N5O/c1-11(2)6-9-20(10-7-12(3)4)15-13(14(16)19-21)5-8-17-18-15/h5,8,11-12,21H,6-7,9-10H2,1-4H3,(H2,16,19). The van der Waals surface area contributed by atoms with Crippen molar-refractivity contribution in [3.63, 3.8) is 0 Å². The fourth-order valence-corrected chi connectivity index (χ4v) is 1.96. The molecule has 3 N–H and O–H groups in total. The number of nitrogens with zero attached hydrogens (tertiary/aromatic N) is 4. The van der Waals surface area contributed by atoms with Gasteiger partial charge in [0.1, 0.15) is 0 Å². The predicted octanol–water partition coefficient (Wildman–Crippen LogP) is 2.47. The van der Waals surface area contributed by atoms with Crippen LogP contribution in [0.5, 0.6) is 0 Å². The van der Waals surface area contributed by atoms with Crippen molar-refractivity contribution >= 4 is 11.7 Å². The number of rotatable bonds is 8. The molecule has 1 aromatic heterocycles. The van der Waals surface area contributed by atoms with E-state index in [1.165, 1.54) is 0 Å². The van der Waals surface area contributed by atoms with Crippen molar-refractivity contribution in [3.8, 4) is 0 Å². The van der Waals surface area contributed by atoms with Crippen LogP contribution in [0.4, 0.5) is 5.82 Å². The van der Waals surface area contributed by atoms with Gasteiger partial charge in [0.25, 0.3) is 0 Å². The van der Waals surface area contributed by atoms with Gasteiger partial charge in [0.05, 0.1) is 11.8 Å². The van der Waals surface area contributed by atoms with Gasteiger partial charge in [0, 0.05) is 13.1 Å². The molecule has 6 heteroatoms. The first-order valence-corrected chi connectivity index (χ1v) is 7.50. The Morgan fingerprint density at radius 1 is 1.24 bits per heavy atom. The third-order valence-electron chi connectivity index (χ3n) is 3.34. The lowest BCUT2D eigenvalue weighted by Crippen LogP contribution is -2.31. The fourth-order valence-electron chi connectivity index (χ4n) is 1.96. The predicted molar refractivity (Wildman–Crippen MR) is 85.7 cm³/mol. The van der Waals surface area contributed by atoms with E-state index in [9.17, 15) is 0 Å². The highest BCUT2D eigenvalue weighted by Gasteiger charge is 2.16. The Labute approximate surface area is 127 Å². The molecular weight excluding hydrogens is 266 g/mol. The zero-order chi connectivity index (χ0) is 15.8. The molecule has 1 aromatic rings. The highest BCUT2D eigenvalue weighted by atomic mass is 16.4. The van der Waals surface area contributed by atoms with E-state index in [2.05, 4.69) is 47.9 Å². The minimum Gasteiger partial charge on any atom is -0.409 e. The number of anilines is 1. The second-order valence-corrected chi connectivity index (χ2v) is 6.11. The summed E-state index contributed by atoms with van der Waals surface area (Å²) in [6, 6.07) is 1.73. The van der Waals surface area contributed by atoms with Gasteiger partial charge >= 0.3 is 0 Å². The Morgan fingerprint density at radius 3 is 2.29 bits per heavy atom. The molecule has 0 bridgehead atoms. The van der Waals surface area contributed by atoms with Crippen molar-refractivity contribution in [2.75, 3.05) is 18.0 Å². The quantitative estimate of drug-likeness (QED) is 0.333. The van der Waals surface area contributed by atoms with Gasteiger partial charge in [0.15, 0.2) is 11.7 Å². The topological polar surface area (TPSA) is 87.6 Å². The number of amidine groups is 1. The second kappa shape index (κ2) is 8.44. The van der Waals surface area contributed by atoms with Gasteiger partial charge in [-0.3, -0.25) is 0 Å². The summed E-state index contributed by atoms with van der Waals surface area (Å²) in [6.07, 6.45) is 3.68. The molecule has 0 aromatic carbocycles. The van der Waals surface area contributed by atoms with Crippen molar-refractivity contribution in [3.05, 3.63) is 17.8 Å². The van der Waals surface area contributed by atoms with Crippen LogP contribution in [-0.2, 0) is 0 Å². The van der Waals surface area contributed by atoms with Crippen molar-refractivity contribution in [1.82, 2.24) is 10.2 Å². The first-order valence-electron chi connectivity index (χ1n) is 7.50. The molecule has 0 aliphatic heterocycles. The molecule has 1 heterocycles. The maximum atomic E-state index is 8.93. The molecule has 0 amide bonds. The van der Waals surface area contributed by atoms with Gasteiger partial charge in [-0.05, 0) is 30.7 Å². The largest absolute Gasteiger partial charge is 0.409 e. The van der Waals surface area contributed by atoms with E-state index in [1.54, 1.807) is 12.3 Å². The summed E-state index contributed by atoms with van der Waals surface area (Å²) < 4.78 is 0. The lowest BCUT2D eigenvalue weighted by molar-refractivity contribution is 0.318. The van der Waals surface area contributed by atoms with Crippen LogP contribution < -0.4 is 10.6 Å². The molecule has 0 unspecified atom stereocenters. The van der Waals surface area contributed by atoms with E-state index in [-0.39, 0.29) is 5.84 Å². The molecule has 0 atom stereocenters. The monoisotopic (exact) mass is 293 g/mol. The lowest BCUT2D eigenvalue weighted by atomic mass is 10.1. The van der Waals surface area contributed by atoms with Gasteiger partial charge in [-0.25, -0.2) is 0 Å². The van der Waals surface area contributed by atoms with Crippen LogP contribution in [0.3, 0.4) is 0 Å². The van der Waals surface area contributed by atoms with Crippen LogP contribution in [0.2, 0.25) is 0 Å². The number of hydrogen-bond donors (Lipinski definition) is 2. The summed E-state index contributed by atoms with van der Waals surface area (Å²) in [4.78, 5) is 2.18. The molecule has 0 aliphatic rings. The Morgan fingerprint density at radius 2 is 1.81 bits per heavy atom. The maximum absolute atomic E-state index is 8.93. The summed E-state index contributed by atoms with van der Waals surface area (Å²) >= 11 is 0. The zero-order valence-electron chi connectivity index (χ0n) is 13.5. The molecule has 1 rings (SSSR count). The minimum atomic E-state index is 0.0685. The Hall–Kier alpha value is -1.85. The van der Waals surface area contributed by atoms with Crippen LogP contribution in [0, 0.1) is 11.8 Å². The van der Waals surface area contributed by atoms with Gasteiger partial charge in [-0.2, -0.15) is 5.10 Å². The van der Waals surface area contributed by atoms with Crippen LogP contribution in [0.1, 0.15) is 46.1 Å². The zero-order valence-corrected chi connectivity index (χ0v) is 13.5. The number of hydrogen-bond acceptors (Lipinski definition) is 5. The molecule has 21 heavy (non-hydrogen) atoms. The van der Waals surface area contributed by atoms with Crippen LogP contribution in [0.15, 0.2) is 17.4 Å². The van der Waals surface area contributed by atoms with Crippen molar-refractivity contribution in [2.24, 2.45) is 22.7 Å². The molecule has 0 spiro atoms. The van der Waals surface area contributed by atoms with E-state index in [4.69, 9.17) is 10.9 Å². The van der Waals surface area contributed by atoms with Crippen molar-refractivity contribution in [2.45, 2.75) is 40.5 Å². The molecule has 0 saturated carbocycles. The first-order chi connectivity index (χ1) is 9.95. The smallest absolute Gasteiger partial charge is 0.173 e. The van der Waals surface area contributed by atoms with E-state index in [0.717, 1.165) is 25.9 Å². The number of oxime groups is 1. The average Bonchev–Trinajstić information content (AvgIpc) is 2.46. The summed E-state index contributed by atoms with van der Waals surface area (Å²) in [5, 5.41) is 20.2. The van der Waals surface area contributed by atoms with Crippen molar-refractivity contribution < 1.29 is 5.21 Å². The number of aromatic nitrogens is 2. The van der Waals surface area contributed by atoms with Crippen LogP contribution in [-0.4, -0.2) is 34.3 Å². The lowest BCUT2D eigenvalue weighted by Gasteiger charge is -2.26. The van der Waals surface area contributed by atoms with Gasteiger partial charge in [0.2, 0.25) is 0 Å². The maximum Gasteiger partial charge on any atom is 0.173 e. The molecule has 0 saturated heterocycles. The van der Waals surface area contributed by atoms with Gasteiger partial charge < -0.3 is 15.8 Å². The van der Waals surface area contributed by atoms with Crippen molar-refractivity contribution in [1.29, 1.82) is 0 Å². The summed E-state index contributed by atoms with van der Waals surface area (Å²) in [5.74, 6) is 1.97. The Bertz CT molecular complexity index is 447. The third kappa shape index (κ3) is 5.57. The molecule has 118 valence electrons. The van der Waals surface area contributed by atoms with E-state index in [1.807, 2.05) is 0 Å². The molecule has 0 fully saturated rings. The minimum absolute atomic E-state index is 0.0685. The fraction of sp³-hybridized carbons (Fsp3) is 0.667. The van der Waals surface area contributed by atoms with E-state index >= 15 is 0 Å². The number of nitrogens with two attached hydrogens (primary N) is 1. The normalized spacial score (nSPS) is 12.2. The highest BCUT2D eigenvalue weighted by Crippen LogP contribution is 2.19. The average molecular weight is 293 g/mol. The summed E-state index contributed by atoms with van der Waals surface area (Å²) in [5.41, 5.74) is 6.38. The Kier molecular flexibility index (Phi) is 6.91. The van der Waals surface area contributed by atoms with Gasteiger partial charge in [-0.1, -0.05) is 32.9 Å². The second-order valence-electron chi connectivity index (χ2n) is 6.11. The highest BCUT2D eigenvalue weighted by molar-refractivity contribution is 6.01. The third-order valence-corrected chi connectivity index (χ3v) is 3.34. The summed E-state index contributed by atoms with van der Waals surface area (Å²) in [7, 11) is 0. The van der Waals surface area contributed by atoms with Crippen LogP contribution >= 0.6 is 0 Å². The molecule has 0 aliphatic carbocycles. The first kappa shape index (κ1) is 17.2. The Balaban J connectivity index is 3.00.